The zero-order valence-electron chi connectivity index (χ0n) is 12.9. The molecule has 1 aliphatic carbocycles. The van der Waals surface area contributed by atoms with Crippen LogP contribution in [0.3, 0.4) is 0 Å². The van der Waals surface area contributed by atoms with Crippen molar-refractivity contribution < 1.29 is 5.11 Å². The highest BCUT2D eigenvalue weighted by Crippen LogP contribution is 2.32. The van der Waals surface area contributed by atoms with E-state index < -0.39 is 0 Å². The molecule has 3 nitrogen and oxygen atoms in total. The molecule has 2 N–H and O–H groups in total. The first-order valence-corrected chi connectivity index (χ1v) is 7.49. The molecule has 1 saturated carbocycles. The summed E-state index contributed by atoms with van der Waals surface area (Å²) in [5, 5.41) is 13.0. The number of nitrogens with zero attached hydrogens (tertiary/aromatic N) is 1. The predicted molar refractivity (Wildman–Crippen MR) is 77.8 cm³/mol. The van der Waals surface area contributed by atoms with Crippen molar-refractivity contribution in [1.29, 1.82) is 0 Å². The fraction of sp³-hybridized carbons (Fsp3) is 1.00. The standard InChI is InChI=1S/C15H32N2O/c1-12(2)10-17(13(3)4)14-7-6-8-15(9-14,11-18)16-5/h12-14,16,18H,6-11H2,1-5H3. The number of aliphatic hydroxyl groups is 1. The molecule has 1 fully saturated rings. The van der Waals surface area contributed by atoms with Crippen LogP contribution in [0, 0.1) is 5.92 Å². The smallest absolute Gasteiger partial charge is 0.0613 e. The summed E-state index contributed by atoms with van der Waals surface area (Å²) in [6.07, 6.45) is 4.66. The van der Waals surface area contributed by atoms with Crippen molar-refractivity contribution >= 4 is 0 Å². The van der Waals surface area contributed by atoms with Gasteiger partial charge in [-0.15, -0.1) is 0 Å². The lowest BCUT2D eigenvalue weighted by Gasteiger charge is -2.46. The Morgan fingerprint density at radius 1 is 1.33 bits per heavy atom. The van der Waals surface area contributed by atoms with Crippen molar-refractivity contribution in [3.05, 3.63) is 0 Å². The molecule has 18 heavy (non-hydrogen) atoms. The molecule has 108 valence electrons. The third kappa shape index (κ3) is 3.94. The fourth-order valence-electron chi connectivity index (χ4n) is 3.27. The van der Waals surface area contributed by atoms with Crippen LogP contribution < -0.4 is 5.32 Å². The van der Waals surface area contributed by atoms with E-state index in [-0.39, 0.29) is 12.1 Å². The summed E-state index contributed by atoms with van der Waals surface area (Å²) in [5.74, 6) is 0.701. The maximum atomic E-state index is 9.68. The van der Waals surface area contributed by atoms with Gasteiger partial charge < -0.3 is 10.4 Å². The monoisotopic (exact) mass is 256 g/mol. The number of nitrogens with one attached hydrogen (secondary N) is 1. The number of aliphatic hydroxyl groups excluding tert-OH is 1. The molecule has 1 rings (SSSR count). The number of rotatable bonds is 6. The Kier molecular flexibility index (Phi) is 6.09. The first-order valence-electron chi connectivity index (χ1n) is 7.49. The van der Waals surface area contributed by atoms with Gasteiger partial charge in [-0.25, -0.2) is 0 Å². The van der Waals surface area contributed by atoms with Gasteiger partial charge in [0, 0.05) is 24.2 Å². The van der Waals surface area contributed by atoms with Crippen molar-refractivity contribution in [3.63, 3.8) is 0 Å². The molecule has 0 aromatic carbocycles. The summed E-state index contributed by atoms with van der Waals surface area (Å²) in [4.78, 5) is 2.63. The Hall–Kier alpha value is -0.120. The molecule has 0 aliphatic heterocycles. The Morgan fingerprint density at radius 2 is 2.00 bits per heavy atom. The van der Waals surface area contributed by atoms with E-state index in [9.17, 15) is 5.11 Å². The number of hydrogen-bond acceptors (Lipinski definition) is 3. The summed E-state index contributed by atoms with van der Waals surface area (Å²) in [6, 6.07) is 1.20. The van der Waals surface area contributed by atoms with E-state index in [4.69, 9.17) is 0 Å². The second-order valence-electron chi connectivity index (χ2n) is 6.62. The fourth-order valence-corrected chi connectivity index (χ4v) is 3.27. The highest BCUT2D eigenvalue weighted by Gasteiger charge is 2.37. The minimum atomic E-state index is -0.0486. The summed E-state index contributed by atoms with van der Waals surface area (Å²) in [6.45, 7) is 10.6. The Morgan fingerprint density at radius 3 is 2.44 bits per heavy atom. The maximum Gasteiger partial charge on any atom is 0.0613 e. The topological polar surface area (TPSA) is 35.5 Å². The zero-order chi connectivity index (χ0) is 13.8. The zero-order valence-corrected chi connectivity index (χ0v) is 12.9. The van der Waals surface area contributed by atoms with Crippen LogP contribution in [-0.4, -0.2) is 47.8 Å². The summed E-state index contributed by atoms with van der Waals surface area (Å²) < 4.78 is 0. The van der Waals surface area contributed by atoms with Gasteiger partial charge in [-0.1, -0.05) is 13.8 Å². The van der Waals surface area contributed by atoms with Crippen LogP contribution in [0.1, 0.15) is 53.4 Å². The van der Waals surface area contributed by atoms with Crippen LogP contribution in [0.15, 0.2) is 0 Å². The first kappa shape index (κ1) is 15.9. The Balaban J connectivity index is 2.73. The van der Waals surface area contributed by atoms with Gasteiger partial charge in [0.15, 0.2) is 0 Å². The van der Waals surface area contributed by atoms with Crippen molar-refractivity contribution in [1.82, 2.24) is 10.2 Å². The number of hydrogen-bond donors (Lipinski definition) is 2. The molecule has 0 aromatic rings. The van der Waals surface area contributed by atoms with Gasteiger partial charge in [-0.05, 0) is 52.5 Å². The Bertz CT molecular complexity index is 237. The van der Waals surface area contributed by atoms with E-state index in [1.807, 2.05) is 7.05 Å². The largest absolute Gasteiger partial charge is 0.394 e. The molecule has 2 atom stereocenters. The third-order valence-electron chi connectivity index (χ3n) is 4.36. The molecule has 3 heteroatoms. The second-order valence-corrected chi connectivity index (χ2v) is 6.62. The molecule has 0 radical (unpaired) electrons. The molecule has 0 bridgehead atoms. The molecular formula is C15H32N2O. The van der Waals surface area contributed by atoms with E-state index in [0.717, 1.165) is 19.4 Å². The lowest BCUT2D eigenvalue weighted by atomic mass is 9.78. The maximum absolute atomic E-state index is 9.68. The average Bonchev–Trinajstić information content (AvgIpc) is 2.35. The minimum absolute atomic E-state index is 0.0486. The molecule has 0 heterocycles. The van der Waals surface area contributed by atoms with E-state index >= 15 is 0 Å². The van der Waals surface area contributed by atoms with Gasteiger partial charge in [0.2, 0.25) is 0 Å². The minimum Gasteiger partial charge on any atom is -0.394 e. The molecule has 0 aromatic heterocycles. The van der Waals surface area contributed by atoms with Gasteiger partial charge in [-0.2, -0.15) is 0 Å². The lowest BCUT2D eigenvalue weighted by molar-refractivity contribution is 0.0427. The van der Waals surface area contributed by atoms with Crippen LogP contribution in [-0.2, 0) is 0 Å². The predicted octanol–water partition coefficient (Wildman–Crippen LogP) is 2.25. The number of likely N-dealkylation sites (N-methyl/N-ethyl adjacent to an activating group) is 1. The summed E-state index contributed by atoms with van der Waals surface area (Å²) >= 11 is 0. The highest BCUT2D eigenvalue weighted by molar-refractivity contribution is 4.96. The van der Waals surface area contributed by atoms with Crippen LogP contribution in [0.2, 0.25) is 0 Å². The summed E-state index contributed by atoms with van der Waals surface area (Å²) in [5.41, 5.74) is -0.0486. The first-order chi connectivity index (χ1) is 8.44. The average molecular weight is 256 g/mol. The molecular weight excluding hydrogens is 224 g/mol. The van der Waals surface area contributed by atoms with E-state index in [1.54, 1.807) is 0 Å². The van der Waals surface area contributed by atoms with Crippen molar-refractivity contribution in [2.45, 2.75) is 71.0 Å². The highest BCUT2D eigenvalue weighted by atomic mass is 16.3. The van der Waals surface area contributed by atoms with Crippen molar-refractivity contribution in [2.75, 3.05) is 20.2 Å². The van der Waals surface area contributed by atoms with Gasteiger partial charge in [-0.3, -0.25) is 4.90 Å². The van der Waals surface area contributed by atoms with Crippen molar-refractivity contribution in [3.8, 4) is 0 Å². The van der Waals surface area contributed by atoms with Gasteiger partial charge in [0.05, 0.1) is 6.61 Å². The van der Waals surface area contributed by atoms with Crippen molar-refractivity contribution in [2.24, 2.45) is 5.92 Å². The van der Waals surface area contributed by atoms with E-state index in [2.05, 4.69) is 37.9 Å². The third-order valence-corrected chi connectivity index (χ3v) is 4.36. The van der Waals surface area contributed by atoms with E-state index in [1.165, 1.54) is 12.8 Å². The molecule has 0 saturated heterocycles. The van der Waals surface area contributed by atoms with Crippen LogP contribution in [0.4, 0.5) is 0 Å². The molecule has 0 amide bonds. The normalized spacial score (nSPS) is 29.5. The van der Waals surface area contributed by atoms with E-state index in [0.29, 0.717) is 18.0 Å². The van der Waals surface area contributed by atoms with Crippen LogP contribution >= 0.6 is 0 Å². The SMILES string of the molecule is CNC1(CO)CCCC(N(CC(C)C)C(C)C)C1. The summed E-state index contributed by atoms with van der Waals surface area (Å²) in [7, 11) is 1.99. The van der Waals surface area contributed by atoms with Gasteiger partial charge in [0.1, 0.15) is 0 Å². The van der Waals surface area contributed by atoms with Crippen LogP contribution in [0.25, 0.3) is 0 Å². The Labute approximate surface area is 113 Å². The second kappa shape index (κ2) is 6.88. The van der Waals surface area contributed by atoms with Gasteiger partial charge in [0.25, 0.3) is 0 Å². The quantitative estimate of drug-likeness (QED) is 0.765. The van der Waals surface area contributed by atoms with Gasteiger partial charge >= 0.3 is 0 Å². The van der Waals surface area contributed by atoms with Crippen LogP contribution in [0.5, 0.6) is 0 Å². The molecule has 1 aliphatic rings. The molecule has 0 spiro atoms. The molecule has 2 unspecified atom stereocenters. The lowest BCUT2D eigenvalue weighted by Crippen LogP contribution is -2.56.